The molecule has 0 saturated heterocycles. The number of rotatable bonds is 0. The molecule has 1 rings (SSSR count). The maximum absolute atomic E-state index is 10.7. The first-order valence-corrected chi connectivity index (χ1v) is 3.58. The molecule has 0 saturated carbocycles. The van der Waals surface area contributed by atoms with E-state index in [9.17, 15) is 9.00 Å². The van der Waals surface area contributed by atoms with Gasteiger partial charge >= 0.3 is 0 Å². The molecular weight excluding hydrogens is 126 g/mol. The highest BCUT2D eigenvalue weighted by molar-refractivity contribution is 8.15. The smallest absolute Gasteiger partial charge is 0.195 e. The molecule has 0 fully saturated rings. The molecular formula is C4H3NO2S. The molecule has 42 valence electrons. The molecule has 1 heterocycles. The van der Waals surface area contributed by atoms with Gasteiger partial charge in [0.2, 0.25) is 0 Å². The Morgan fingerprint density at radius 1 is 1.62 bits per heavy atom. The topological polar surface area (TPSA) is 46.5 Å². The van der Waals surface area contributed by atoms with Gasteiger partial charge in [-0.25, -0.2) is 9.00 Å². The van der Waals surface area contributed by atoms with Gasteiger partial charge < -0.3 is 0 Å². The molecule has 0 N–H and O–H groups in total. The summed E-state index contributed by atoms with van der Waals surface area (Å²) in [6.07, 6.45) is 1.33. The van der Waals surface area contributed by atoms with Gasteiger partial charge in [-0.15, -0.1) is 0 Å². The number of nitrogens with zero attached hydrogens (tertiary/aromatic N) is 1. The molecule has 1 aliphatic heterocycles. The minimum absolute atomic E-state index is 1.10. The van der Waals surface area contributed by atoms with E-state index < -0.39 is 9.52 Å². The van der Waals surface area contributed by atoms with E-state index in [1.807, 2.05) is 0 Å². The lowest BCUT2D eigenvalue weighted by atomic mass is 11.1. The second-order valence-electron chi connectivity index (χ2n) is 1.27. The Bertz CT molecular complexity index is 247. The predicted octanol–water partition coefficient (Wildman–Crippen LogP) is -0.149. The Morgan fingerprint density at radius 3 is 2.62 bits per heavy atom. The van der Waals surface area contributed by atoms with Gasteiger partial charge in [0.15, 0.2) is 5.23 Å². The standard InChI is InChI=1S/C4H3NO2S/c6-4-8(7)2-1-5-3-8/h1-3H. The minimum atomic E-state index is -2.57. The van der Waals surface area contributed by atoms with Crippen LogP contribution < -0.4 is 0 Å². The number of aliphatic imine (C=N–C) groups is 1. The first-order valence-electron chi connectivity index (χ1n) is 1.90. The fraction of sp³-hybridized carbons (Fsp3) is 0. The zero-order chi connectivity index (χ0) is 6.04. The van der Waals surface area contributed by atoms with Crippen LogP contribution in [-0.2, 0) is 14.3 Å². The van der Waals surface area contributed by atoms with Crippen LogP contribution in [0.1, 0.15) is 0 Å². The van der Waals surface area contributed by atoms with E-state index in [2.05, 4.69) is 4.99 Å². The summed E-state index contributed by atoms with van der Waals surface area (Å²) in [7, 11) is -2.57. The Kier molecular flexibility index (Phi) is 1.04. The maximum Gasteiger partial charge on any atom is 0.195 e. The van der Waals surface area contributed by atoms with Crippen molar-refractivity contribution in [2.45, 2.75) is 0 Å². The molecule has 0 aromatic heterocycles. The van der Waals surface area contributed by atoms with E-state index in [1.54, 1.807) is 0 Å². The van der Waals surface area contributed by atoms with Crippen molar-refractivity contribution < 1.29 is 9.00 Å². The number of hydrogen-bond acceptors (Lipinski definition) is 3. The fourth-order valence-corrected chi connectivity index (χ4v) is 1.01. The summed E-state index contributed by atoms with van der Waals surface area (Å²) in [5.41, 5.74) is 1.10. The van der Waals surface area contributed by atoms with E-state index >= 15 is 0 Å². The molecule has 3 nitrogen and oxygen atoms in total. The Balaban J connectivity index is 3.45. The van der Waals surface area contributed by atoms with Crippen molar-refractivity contribution in [1.82, 2.24) is 0 Å². The third kappa shape index (κ3) is 0.710. The molecule has 0 spiro atoms. The fourth-order valence-electron chi connectivity index (χ4n) is 0.336. The maximum atomic E-state index is 10.7. The average molecular weight is 129 g/mol. The number of hydrogen-bond donors (Lipinski definition) is 0. The molecule has 1 aliphatic rings. The lowest BCUT2D eigenvalue weighted by Gasteiger charge is -1.75. The van der Waals surface area contributed by atoms with Crippen LogP contribution in [0.5, 0.6) is 0 Å². The van der Waals surface area contributed by atoms with Crippen molar-refractivity contribution in [3.8, 4) is 0 Å². The van der Waals surface area contributed by atoms with E-state index in [-0.39, 0.29) is 0 Å². The molecule has 1 unspecified atom stereocenters. The summed E-state index contributed by atoms with van der Waals surface area (Å²) in [6, 6.07) is 0. The highest BCUT2D eigenvalue weighted by atomic mass is 32.2. The van der Waals surface area contributed by atoms with Gasteiger partial charge in [0.1, 0.15) is 9.52 Å². The number of carbonyl (C=O) groups excluding carboxylic acids is 1. The Labute approximate surface area is 46.7 Å². The second-order valence-corrected chi connectivity index (χ2v) is 3.22. The van der Waals surface area contributed by atoms with Crippen LogP contribution in [0, 0.1) is 0 Å². The van der Waals surface area contributed by atoms with Crippen LogP contribution in [0.15, 0.2) is 16.6 Å². The van der Waals surface area contributed by atoms with Gasteiger partial charge in [0, 0.05) is 11.6 Å². The predicted molar refractivity (Wildman–Crippen MR) is 31.5 cm³/mol. The van der Waals surface area contributed by atoms with E-state index in [0.29, 0.717) is 0 Å². The highest BCUT2D eigenvalue weighted by Crippen LogP contribution is 1.95. The van der Waals surface area contributed by atoms with Gasteiger partial charge in [-0.2, -0.15) is 0 Å². The Hall–Kier alpha value is -0.860. The Morgan fingerprint density at radius 2 is 2.38 bits per heavy atom. The molecule has 1 atom stereocenters. The van der Waals surface area contributed by atoms with Crippen molar-refractivity contribution in [3.63, 3.8) is 0 Å². The highest BCUT2D eigenvalue weighted by Gasteiger charge is 2.00. The van der Waals surface area contributed by atoms with Crippen molar-refractivity contribution in [3.05, 3.63) is 11.6 Å². The van der Waals surface area contributed by atoms with Gasteiger partial charge in [0.25, 0.3) is 0 Å². The first-order chi connectivity index (χ1) is 3.77. The molecule has 4 heteroatoms. The van der Waals surface area contributed by atoms with Crippen molar-refractivity contribution in [1.29, 1.82) is 0 Å². The lowest BCUT2D eigenvalue weighted by Crippen LogP contribution is -1.90. The average Bonchev–Trinajstić information content (AvgIpc) is 2.17. The molecule has 0 aromatic rings. The summed E-state index contributed by atoms with van der Waals surface area (Å²) >= 11 is 0. The van der Waals surface area contributed by atoms with E-state index in [0.717, 1.165) is 5.55 Å². The van der Waals surface area contributed by atoms with Crippen molar-refractivity contribution in [2.75, 3.05) is 0 Å². The van der Waals surface area contributed by atoms with Gasteiger partial charge in [-0.3, -0.25) is 4.99 Å². The van der Waals surface area contributed by atoms with Crippen molar-refractivity contribution >= 4 is 20.3 Å². The summed E-state index contributed by atoms with van der Waals surface area (Å²) in [6.45, 7) is 0. The second kappa shape index (κ2) is 1.58. The monoisotopic (exact) mass is 129 g/mol. The zero-order valence-electron chi connectivity index (χ0n) is 3.90. The van der Waals surface area contributed by atoms with Gasteiger partial charge in [-0.05, 0) is 0 Å². The third-order valence-corrected chi connectivity index (χ3v) is 1.92. The van der Waals surface area contributed by atoms with Crippen LogP contribution in [0.2, 0.25) is 0 Å². The molecule has 0 aliphatic carbocycles. The van der Waals surface area contributed by atoms with E-state index in [1.165, 1.54) is 16.8 Å². The summed E-state index contributed by atoms with van der Waals surface area (Å²) < 4.78 is 10.7. The lowest BCUT2D eigenvalue weighted by molar-refractivity contribution is 0.570. The molecule has 0 amide bonds. The summed E-state index contributed by atoms with van der Waals surface area (Å²) in [5, 5.41) is 2.62. The SMILES string of the molecule is O=C=S1(=O)C=CN=C1. The third-order valence-electron chi connectivity index (χ3n) is 0.697. The van der Waals surface area contributed by atoms with E-state index in [4.69, 9.17) is 0 Å². The summed E-state index contributed by atoms with van der Waals surface area (Å²) in [5.74, 6) is 0. The van der Waals surface area contributed by atoms with Gasteiger partial charge in [-0.1, -0.05) is 0 Å². The quantitative estimate of drug-likeness (QED) is 0.427. The first kappa shape index (κ1) is 5.28. The molecule has 0 aromatic carbocycles. The zero-order valence-corrected chi connectivity index (χ0v) is 4.72. The largest absolute Gasteiger partial charge is 0.254 e. The molecule has 0 bridgehead atoms. The molecule has 0 radical (unpaired) electrons. The van der Waals surface area contributed by atoms with Crippen LogP contribution in [0.3, 0.4) is 0 Å². The van der Waals surface area contributed by atoms with Crippen LogP contribution in [0.4, 0.5) is 0 Å². The van der Waals surface area contributed by atoms with Crippen LogP contribution in [-0.4, -0.2) is 15.0 Å². The van der Waals surface area contributed by atoms with Crippen LogP contribution in [0.25, 0.3) is 0 Å². The van der Waals surface area contributed by atoms with Crippen LogP contribution >= 0.6 is 0 Å². The van der Waals surface area contributed by atoms with Crippen molar-refractivity contribution in [2.24, 2.45) is 4.99 Å². The minimum Gasteiger partial charge on any atom is -0.254 e. The molecule has 8 heavy (non-hydrogen) atoms. The summed E-state index contributed by atoms with van der Waals surface area (Å²) in [4.78, 5) is 13.2. The normalized spacial score (nSPS) is 33.0. The van der Waals surface area contributed by atoms with Gasteiger partial charge in [0.05, 0.1) is 5.55 Å².